The van der Waals surface area contributed by atoms with Crippen molar-refractivity contribution in [3.8, 4) is 0 Å². The predicted octanol–water partition coefficient (Wildman–Crippen LogP) is 3.11. The molecule has 0 aliphatic rings. The van der Waals surface area contributed by atoms with E-state index in [1.807, 2.05) is 26.2 Å². The number of aryl methyl sites for hydroxylation is 1. The average molecular weight is 331 g/mol. The Morgan fingerprint density at radius 1 is 1.17 bits per heavy atom. The third kappa shape index (κ3) is 4.63. The molecule has 0 saturated carbocycles. The van der Waals surface area contributed by atoms with E-state index in [9.17, 15) is 9.59 Å². The Labute approximate surface area is 140 Å². The molecule has 0 aliphatic carbocycles. The van der Waals surface area contributed by atoms with Crippen LogP contribution in [0.4, 0.5) is 5.69 Å². The first-order chi connectivity index (χ1) is 11.0. The van der Waals surface area contributed by atoms with Gasteiger partial charge in [0.2, 0.25) is 5.91 Å². The summed E-state index contributed by atoms with van der Waals surface area (Å²) in [6.07, 6.45) is 0.254. The number of carbonyl (C=O) groups excluding carboxylic acids is 2. The average Bonchev–Trinajstić information content (AvgIpc) is 2.94. The summed E-state index contributed by atoms with van der Waals surface area (Å²) in [5, 5.41) is 5.66. The van der Waals surface area contributed by atoms with Crippen molar-refractivity contribution in [2.45, 2.75) is 27.2 Å². The van der Waals surface area contributed by atoms with Crippen molar-refractivity contribution in [3.63, 3.8) is 0 Å². The molecular weight excluding hydrogens is 310 g/mol. The van der Waals surface area contributed by atoms with Gasteiger partial charge in [0.25, 0.3) is 5.91 Å². The monoisotopic (exact) mass is 331 g/mol. The lowest BCUT2D eigenvalue weighted by molar-refractivity contribution is -0.115. The molecule has 1 aromatic heterocycles. The summed E-state index contributed by atoms with van der Waals surface area (Å²) >= 11 is 1.53. The molecule has 1 aromatic carbocycles. The number of aromatic nitrogens is 1. The van der Waals surface area contributed by atoms with Gasteiger partial charge in [-0.25, -0.2) is 4.98 Å². The number of hydrogen-bond donors (Lipinski definition) is 1. The highest BCUT2D eigenvalue weighted by atomic mass is 32.1. The molecule has 0 spiro atoms. The summed E-state index contributed by atoms with van der Waals surface area (Å²) in [4.78, 5) is 30.2. The topological polar surface area (TPSA) is 62.3 Å². The summed E-state index contributed by atoms with van der Waals surface area (Å²) in [5.41, 5.74) is 2.08. The first kappa shape index (κ1) is 17.1. The maximum absolute atomic E-state index is 12.2. The minimum atomic E-state index is -0.113. The molecule has 0 unspecified atom stereocenters. The molecule has 2 amide bonds. The van der Waals surface area contributed by atoms with Crippen LogP contribution in [0.2, 0.25) is 0 Å². The molecule has 0 bridgehead atoms. The fourth-order valence-corrected chi connectivity index (χ4v) is 2.86. The van der Waals surface area contributed by atoms with Crippen molar-refractivity contribution in [2.75, 3.05) is 18.4 Å². The second-order valence-electron chi connectivity index (χ2n) is 5.14. The number of anilines is 1. The van der Waals surface area contributed by atoms with Crippen LogP contribution in [0, 0.1) is 6.92 Å². The van der Waals surface area contributed by atoms with Gasteiger partial charge in [0, 0.05) is 29.7 Å². The molecule has 122 valence electrons. The molecular formula is C17H21N3O2S. The van der Waals surface area contributed by atoms with Crippen LogP contribution in [0.1, 0.15) is 34.9 Å². The van der Waals surface area contributed by atoms with Crippen LogP contribution < -0.4 is 5.32 Å². The number of benzene rings is 1. The number of nitrogens with one attached hydrogen (secondary N) is 1. The van der Waals surface area contributed by atoms with Gasteiger partial charge in [0.15, 0.2) is 0 Å². The smallest absolute Gasteiger partial charge is 0.253 e. The number of rotatable bonds is 6. The van der Waals surface area contributed by atoms with Crippen molar-refractivity contribution < 1.29 is 9.59 Å². The normalized spacial score (nSPS) is 10.4. The lowest BCUT2D eigenvalue weighted by atomic mass is 10.1. The minimum Gasteiger partial charge on any atom is -0.339 e. The second-order valence-corrected chi connectivity index (χ2v) is 6.20. The highest BCUT2D eigenvalue weighted by Gasteiger charge is 2.12. The zero-order chi connectivity index (χ0) is 16.8. The van der Waals surface area contributed by atoms with Gasteiger partial charge in [-0.1, -0.05) is 0 Å². The maximum Gasteiger partial charge on any atom is 0.253 e. The summed E-state index contributed by atoms with van der Waals surface area (Å²) in [6.45, 7) is 7.19. The molecule has 0 aliphatic heterocycles. The Morgan fingerprint density at radius 3 is 2.35 bits per heavy atom. The minimum absolute atomic E-state index is 0.00539. The fourth-order valence-electron chi connectivity index (χ4n) is 2.25. The standard InChI is InChI=1S/C17H21N3O2S/c1-4-20(5-2)17(22)13-6-8-14(9-7-13)19-16(21)10-15-11-23-12(3)18-15/h6-9,11H,4-5,10H2,1-3H3,(H,19,21). The fraction of sp³-hybridized carbons (Fsp3) is 0.353. The highest BCUT2D eigenvalue weighted by molar-refractivity contribution is 7.09. The number of thiazole rings is 1. The van der Waals surface area contributed by atoms with E-state index in [1.54, 1.807) is 29.2 Å². The molecule has 0 saturated heterocycles. The van der Waals surface area contributed by atoms with Gasteiger partial charge in [0.1, 0.15) is 0 Å². The summed E-state index contributed by atoms with van der Waals surface area (Å²) in [7, 11) is 0. The molecule has 0 atom stereocenters. The Balaban J connectivity index is 1.96. The first-order valence-electron chi connectivity index (χ1n) is 7.63. The van der Waals surface area contributed by atoms with Gasteiger partial charge < -0.3 is 10.2 Å². The lowest BCUT2D eigenvalue weighted by Gasteiger charge is -2.18. The van der Waals surface area contributed by atoms with E-state index in [2.05, 4.69) is 10.3 Å². The van der Waals surface area contributed by atoms with Gasteiger partial charge >= 0.3 is 0 Å². The van der Waals surface area contributed by atoms with Gasteiger partial charge in [-0.15, -0.1) is 11.3 Å². The molecule has 2 aromatic rings. The zero-order valence-electron chi connectivity index (χ0n) is 13.6. The van der Waals surface area contributed by atoms with Crippen molar-refractivity contribution in [3.05, 3.63) is 45.9 Å². The number of nitrogens with zero attached hydrogens (tertiary/aromatic N) is 2. The molecule has 2 rings (SSSR count). The van der Waals surface area contributed by atoms with Gasteiger partial charge in [-0.2, -0.15) is 0 Å². The summed E-state index contributed by atoms with van der Waals surface area (Å²) in [5.74, 6) is -0.107. The van der Waals surface area contributed by atoms with Gasteiger partial charge in [0.05, 0.1) is 17.1 Å². The number of carbonyl (C=O) groups is 2. The van der Waals surface area contributed by atoms with E-state index < -0.39 is 0 Å². The number of amides is 2. The Morgan fingerprint density at radius 2 is 1.83 bits per heavy atom. The molecule has 5 nitrogen and oxygen atoms in total. The molecule has 6 heteroatoms. The van der Waals surface area contributed by atoms with Gasteiger partial charge in [-0.05, 0) is 45.0 Å². The van der Waals surface area contributed by atoms with Crippen LogP contribution in [-0.2, 0) is 11.2 Å². The SMILES string of the molecule is CCN(CC)C(=O)c1ccc(NC(=O)Cc2csc(C)n2)cc1. The predicted molar refractivity (Wildman–Crippen MR) is 92.9 cm³/mol. The first-order valence-corrected chi connectivity index (χ1v) is 8.51. The quantitative estimate of drug-likeness (QED) is 0.884. The third-order valence-corrected chi connectivity index (χ3v) is 4.30. The molecule has 0 radical (unpaired) electrons. The van der Waals surface area contributed by atoms with E-state index >= 15 is 0 Å². The highest BCUT2D eigenvalue weighted by Crippen LogP contribution is 2.13. The number of hydrogen-bond acceptors (Lipinski definition) is 4. The molecule has 0 fully saturated rings. The summed E-state index contributed by atoms with van der Waals surface area (Å²) in [6, 6.07) is 6.98. The molecule has 1 heterocycles. The molecule has 23 heavy (non-hydrogen) atoms. The van der Waals surface area contributed by atoms with Crippen molar-refractivity contribution in [2.24, 2.45) is 0 Å². The molecule has 1 N–H and O–H groups in total. The van der Waals surface area contributed by atoms with Crippen LogP contribution in [0.5, 0.6) is 0 Å². The van der Waals surface area contributed by atoms with Crippen LogP contribution in [0.3, 0.4) is 0 Å². The largest absolute Gasteiger partial charge is 0.339 e. The van der Waals surface area contributed by atoms with Crippen LogP contribution in [0.25, 0.3) is 0 Å². The van der Waals surface area contributed by atoms with Crippen LogP contribution >= 0.6 is 11.3 Å². The van der Waals surface area contributed by atoms with E-state index in [0.717, 1.165) is 10.7 Å². The van der Waals surface area contributed by atoms with E-state index in [-0.39, 0.29) is 18.2 Å². The van der Waals surface area contributed by atoms with Crippen LogP contribution in [-0.4, -0.2) is 34.8 Å². The van der Waals surface area contributed by atoms with E-state index in [1.165, 1.54) is 11.3 Å². The zero-order valence-corrected chi connectivity index (χ0v) is 14.4. The Kier molecular flexibility index (Phi) is 5.87. The van der Waals surface area contributed by atoms with E-state index in [4.69, 9.17) is 0 Å². The van der Waals surface area contributed by atoms with Crippen molar-refractivity contribution in [1.82, 2.24) is 9.88 Å². The Hall–Kier alpha value is -2.21. The van der Waals surface area contributed by atoms with Crippen molar-refractivity contribution in [1.29, 1.82) is 0 Å². The maximum atomic E-state index is 12.2. The van der Waals surface area contributed by atoms with Gasteiger partial charge in [-0.3, -0.25) is 9.59 Å². The second kappa shape index (κ2) is 7.87. The Bertz CT molecular complexity index is 675. The van der Waals surface area contributed by atoms with Crippen LogP contribution in [0.15, 0.2) is 29.6 Å². The summed E-state index contributed by atoms with van der Waals surface area (Å²) < 4.78 is 0. The lowest BCUT2D eigenvalue weighted by Crippen LogP contribution is -2.30. The van der Waals surface area contributed by atoms with E-state index in [0.29, 0.717) is 24.3 Å². The third-order valence-electron chi connectivity index (χ3n) is 3.47. The van der Waals surface area contributed by atoms with Crippen molar-refractivity contribution >= 4 is 28.8 Å².